The molecule has 0 aromatic heterocycles. The Hall–Kier alpha value is -0.770. The first-order valence-corrected chi connectivity index (χ1v) is 6.27. The van der Waals surface area contributed by atoms with Gasteiger partial charge >= 0.3 is 0 Å². The van der Waals surface area contributed by atoms with Crippen LogP contribution in [0, 0.1) is 11.8 Å². The minimum atomic E-state index is -3.27. The van der Waals surface area contributed by atoms with Gasteiger partial charge in [0, 0.05) is 6.20 Å². The molecule has 0 unspecified atom stereocenters. The Morgan fingerprint density at radius 2 is 1.71 bits per heavy atom. The van der Waals surface area contributed by atoms with Gasteiger partial charge in [-0.05, 0) is 23.5 Å². The summed E-state index contributed by atoms with van der Waals surface area (Å²) in [5.41, 5.74) is 0.916. The number of hydrogen-bond acceptors (Lipinski definition) is 2. The quantitative estimate of drug-likeness (QED) is 0.765. The molecule has 0 aromatic carbocycles. The van der Waals surface area contributed by atoms with Gasteiger partial charge in [-0.25, -0.2) is 8.42 Å². The van der Waals surface area contributed by atoms with Crippen LogP contribution in [-0.2, 0) is 10.0 Å². The van der Waals surface area contributed by atoms with Crippen LogP contribution >= 0.6 is 0 Å². The van der Waals surface area contributed by atoms with Gasteiger partial charge in [-0.15, -0.1) is 0 Å². The van der Waals surface area contributed by atoms with E-state index >= 15 is 0 Å². The largest absolute Gasteiger partial charge is 0.287 e. The summed E-state index contributed by atoms with van der Waals surface area (Å²) in [4.78, 5) is 0.523. The lowest BCUT2D eigenvalue weighted by Gasteiger charge is -2.22. The average molecular weight is 215 g/mol. The highest BCUT2D eigenvalue weighted by Crippen LogP contribution is 2.28. The molecule has 1 aliphatic heterocycles. The molecule has 4 heteroatoms. The van der Waals surface area contributed by atoms with Crippen molar-refractivity contribution in [2.45, 2.75) is 27.7 Å². The van der Waals surface area contributed by atoms with E-state index in [4.69, 9.17) is 0 Å². The van der Waals surface area contributed by atoms with Crippen LogP contribution in [0.3, 0.4) is 0 Å². The minimum absolute atomic E-state index is 0.0230. The predicted molar refractivity (Wildman–Crippen MR) is 57.9 cm³/mol. The van der Waals surface area contributed by atoms with E-state index in [9.17, 15) is 8.42 Å². The molecule has 0 atom stereocenters. The number of sulfonamides is 1. The molecule has 1 aliphatic rings. The van der Waals surface area contributed by atoms with Crippen molar-refractivity contribution < 1.29 is 8.42 Å². The maximum Gasteiger partial charge on any atom is 0.258 e. The van der Waals surface area contributed by atoms with Gasteiger partial charge in [0.05, 0.1) is 4.91 Å². The second kappa shape index (κ2) is 3.77. The topological polar surface area (TPSA) is 46.2 Å². The predicted octanol–water partition coefficient (Wildman–Crippen LogP) is 2.00. The molecule has 0 radical (unpaired) electrons. The lowest BCUT2D eigenvalue weighted by atomic mass is 9.98. The number of rotatable bonds is 2. The second-order valence-corrected chi connectivity index (χ2v) is 5.77. The molecular weight excluding hydrogens is 198 g/mol. The zero-order valence-electron chi connectivity index (χ0n) is 9.03. The third kappa shape index (κ3) is 2.00. The fraction of sp³-hybridized carbons (Fsp3) is 0.600. The highest BCUT2D eigenvalue weighted by Gasteiger charge is 2.26. The molecule has 1 rings (SSSR count). The van der Waals surface area contributed by atoms with E-state index < -0.39 is 10.0 Å². The summed E-state index contributed by atoms with van der Waals surface area (Å²) >= 11 is 0. The Morgan fingerprint density at radius 1 is 1.14 bits per heavy atom. The van der Waals surface area contributed by atoms with E-state index in [1.807, 2.05) is 33.8 Å². The van der Waals surface area contributed by atoms with Gasteiger partial charge in [0.15, 0.2) is 0 Å². The van der Waals surface area contributed by atoms with Gasteiger partial charge in [-0.3, -0.25) is 4.72 Å². The van der Waals surface area contributed by atoms with Gasteiger partial charge < -0.3 is 0 Å². The Balaban J connectivity index is 3.35. The third-order valence-corrected chi connectivity index (χ3v) is 3.94. The Bertz CT molecular complexity index is 375. The molecule has 0 fully saturated rings. The average Bonchev–Trinajstić information content (AvgIpc) is 2.00. The van der Waals surface area contributed by atoms with E-state index in [-0.39, 0.29) is 11.8 Å². The molecule has 80 valence electrons. The highest BCUT2D eigenvalue weighted by atomic mass is 32.2. The van der Waals surface area contributed by atoms with Crippen molar-refractivity contribution in [3.8, 4) is 0 Å². The molecule has 14 heavy (non-hydrogen) atoms. The molecule has 1 N–H and O–H groups in total. The molecule has 0 bridgehead atoms. The molecule has 1 heterocycles. The van der Waals surface area contributed by atoms with Crippen molar-refractivity contribution in [1.29, 1.82) is 0 Å². The molecule has 0 aromatic rings. The van der Waals surface area contributed by atoms with E-state index in [0.29, 0.717) is 4.91 Å². The zero-order chi connectivity index (χ0) is 10.9. The first-order chi connectivity index (χ1) is 6.36. The molecule has 0 aliphatic carbocycles. The fourth-order valence-corrected chi connectivity index (χ4v) is 3.24. The summed E-state index contributed by atoms with van der Waals surface area (Å²) in [7, 11) is -3.27. The number of allylic oxidation sites excluding steroid dienone is 3. The lowest BCUT2D eigenvalue weighted by Crippen LogP contribution is -2.27. The third-order valence-electron chi connectivity index (χ3n) is 2.21. The summed E-state index contributed by atoms with van der Waals surface area (Å²) in [6.45, 7) is 7.80. The summed E-state index contributed by atoms with van der Waals surface area (Å²) in [5.74, 6) is 0.260. The maximum atomic E-state index is 11.7. The van der Waals surface area contributed by atoms with Crippen LogP contribution in [0.2, 0.25) is 0 Å². The van der Waals surface area contributed by atoms with E-state index in [0.717, 1.165) is 5.57 Å². The molecule has 0 amide bonds. The van der Waals surface area contributed by atoms with Gasteiger partial charge in [0.2, 0.25) is 0 Å². The summed E-state index contributed by atoms with van der Waals surface area (Å²) < 4.78 is 25.8. The zero-order valence-corrected chi connectivity index (χ0v) is 9.85. The van der Waals surface area contributed by atoms with Crippen LogP contribution in [0.4, 0.5) is 0 Å². The van der Waals surface area contributed by atoms with E-state index in [1.165, 1.54) is 6.20 Å². The van der Waals surface area contributed by atoms with Crippen LogP contribution in [0.25, 0.3) is 0 Å². The molecule has 0 spiro atoms. The van der Waals surface area contributed by atoms with Crippen LogP contribution < -0.4 is 4.72 Å². The summed E-state index contributed by atoms with van der Waals surface area (Å²) in [6, 6.07) is 0. The standard InChI is InChI=1S/C10H17NO2S/c1-7(2)9-5-6-11-14(12,13)10(9)8(3)4/h5-8,11H,1-4H3. The SMILES string of the molecule is CC(C)C1=C(C(C)C)S(=O)(=O)NC=C1. The van der Waals surface area contributed by atoms with Crippen LogP contribution in [0.15, 0.2) is 22.8 Å². The molecule has 3 nitrogen and oxygen atoms in total. The first kappa shape index (κ1) is 11.3. The van der Waals surface area contributed by atoms with Crippen molar-refractivity contribution >= 4 is 10.0 Å². The van der Waals surface area contributed by atoms with Gasteiger partial charge in [-0.1, -0.05) is 27.7 Å². The van der Waals surface area contributed by atoms with Crippen molar-refractivity contribution in [2.24, 2.45) is 11.8 Å². The second-order valence-electron chi connectivity index (χ2n) is 4.08. The van der Waals surface area contributed by atoms with Crippen molar-refractivity contribution in [3.05, 3.63) is 22.8 Å². The number of hydrogen-bond donors (Lipinski definition) is 1. The summed E-state index contributed by atoms with van der Waals surface area (Å²) in [6.07, 6.45) is 3.34. The normalized spacial score (nSPS) is 20.4. The van der Waals surface area contributed by atoms with Gasteiger partial charge in [0.1, 0.15) is 0 Å². The Labute approximate surface area is 85.9 Å². The van der Waals surface area contributed by atoms with Gasteiger partial charge in [0.25, 0.3) is 10.0 Å². The monoisotopic (exact) mass is 215 g/mol. The van der Waals surface area contributed by atoms with Crippen molar-refractivity contribution in [3.63, 3.8) is 0 Å². The fourth-order valence-electron chi connectivity index (χ4n) is 1.63. The lowest BCUT2D eigenvalue weighted by molar-refractivity contribution is 0.585. The van der Waals surface area contributed by atoms with Crippen molar-refractivity contribution in [1.82, 2.24) is 4.72 Å². The number of nitrogens with one attached hydrogen (secondary N) is 1. The molecule has 0 saturated heterocycles. The Morgan fingerprint density at radius 3 is 2.07 bits per heavy atom. The van der Waals surface area contributed by atoms with Gasteiger partial charge in [-0.2, -0.15) is 0 Å². The van der Waals surface area contributed by atoms with Crippen molar-refractivity contribution in [2.75, 3.05) is 0 Å². The first-order valence-electron chi connectivity index (χ1n) is 4.79. The van der Waals surface area contributed by atoms with Crippen LogP contribution in [-0.4, -0.2) is 8.42 Å². The van der Waals surface area contributed by atoms with E-state index in [1.54, 1.807) is 0 Å². The van der Waals surface area contributed by atoms with Crippen LogP contribution in [0.5, 0.6) is 0 Å². The van der Waals surface area contributed by atoms with Crippen LogP contribution in [0.1, 0.15) is 27.7 Å². The highest BCUT2D eigenvalue weighted by molar-refractivity contribution is 7.93. The molecule has 0 saturated carbocycles. The maximum absolute atomic E-state index is 11.7. The Kier molecular flexibility index (Phi) is 3.04. The minimum Gasteiger partial charge on any atom is -0.287 e. The van der Waals surface area contributed by atoms with E-state index in [2.05, 4.69) is 4.72 Å². The summed E-state index contributed by atoms with van der Waals surface area (Å²) in [5, 5.41) is 0. The smallest absolute Gasteiger partial charge is 0.258 e. The molecular formula is C10H17NO2S.